The van der Waals surface area contributed by atoms with Crippen LogP contribution in [0.4, 0.5) is 0 Å². The molecule has 0 bridgehead atoms. The Balaban J connectivity index is 1.70. The van der Waals surface area contributed by atoms with Crippen LogP contribution in [0.25, 0.3) is 0 Å². The first-order valence-corrected chi connectivity index (χ1v) is 7.76. The molecule has 1 amide bonds. The lowest BCUT2D eigenvalue weighted by molar-refractivity contribution is 0.0524. The number of hydrogen-bond acceptors (Lipinski definition) is 5. The number of fused-ring (bicyclic) bond motifs is 1. The van der Waals surface area contributed by atoms with Crippen LogP contribution in [-0.2, 0) is 5.60 Å². The summed E-state index contributed by atoms with van der Waals surface area (Å²) in [4.78, 5) is 16.1. The van der Waals surface area contributed by atoms with E-state index in [9.17, 15) is 9.90 Å². The van der Waals surface area contributed by atoms with Gasteiger partial charge in [-0.15, -0.1) is 0 Å². The fourth-order valence-electron chi connectivity index (χ4n) is 2.22. The van der Waals surface area contributed by atoms with Crippen molar-refractivity contribution in [3.63, 3.8) is 0 Å². The van der Waals surface area contributed by atoms with Crippen LogP contribution in [0.3, 0.4) is 0 Å². The number of benzene rings is 1. The topological polar surface area (TPSA) is 80.7 Å². The van der Waals surface area contributed by atoms with E-state index in [1.807, 2.05) is 0 Å². The van der Waals surface area contributed by atoms with Gasteiger partial charge in [0.25, 0.3) is 5.91 Å². The van der Waals surface area contributed by atoms with Crippen LogP contribution in [0.1, 0.15) is 22.8 Å². The second kappa shape index (κ2) is 6.17. The fraction of sp³-hybridized carbons (Fsp3) is 0.250. The molecule has 0 fully saturated rings. The van der Waals surface area contributed by atoms with Crippen LogP contribution in [0.2, 0.25) is 0 Å². The summed E-state index contributed by atoms with van der Waals surface area (Å²) in [6.07, 6.45) is 3.06. The molecular formula is C16H15BrN2O4. The van der Waals surface area contributed by atoms with E-state index in [0.717, 1.165) is 0 Å². The van der Waals surface area contributed by atoms with Gasteiger partial charge in [-0.25, -0.2) is 0 Å². The van der Waals surface area contributed by atoms with Crippen LogP contribution < -0.4 is 14.8 Å². The zero-order valence-corrected chi connectivity index (χ0v) is 14.0. The van der Waals surface area contributed by atoms with E-state index in [1.54, 1.807) is 37.4 Å². The Kier molecular flexibility index (Phi) is 4.23. The molecule has 0 saturated carbocycles. The number of carbonyl (C=O) groups is 1. The second-order valence-corrected chi connectivity index (χ2v) is 6.33. The monoisotopic (exact) mass is 378 g/mol. The molecule has 1 aromatic heterocycles. The van der Waals surface area contributed by atoms with Gasteiger partial charge in [0, 0.05) is 16.9 Å². The van der Waals surface area contributed by atoms with E-state index in [1.165, 1.54) is 6.20 Å². The normalized spacial score (nSPS) is 15.1. The number of carbonyl (C=O) groups excluding carboxylic acids is 1. The van der Waals surface area contributed by atoms with Gasteiger partial charge in [-0.1, -0.05) is 6.07 Å². The van der Waals surface area contributed by atoms with Gasteiger partial charge in [0.2, 0.25) is 6.79 Å². The van der Waals surface area contributed by atoms with Crippen LogP contribution in [0.5, 0.6) is 11.5 Å². The number of aromatic nitrogens is 1. The molecule has 1 aliphatic rings. The maximum absolute atomic E-state index is 12.1. The predicted molar refractivity (Wildman–Crippen MR) is 86.4 cm³/mol. The third kappa shape index (κ3) is 3.46. The molecule has 7 heteroatoms. The van der Waals surface area contributed by atoms with Gasteiger partial charge in [-0.05, 0) is 46.6 Å². The van der Waals surface area contributed by atoms with Crippen molar-refractivity contribution >= 4 is 21.8 Å². The minimum atomic E-state index is -1.24. The summed E-state index contributed by atoms with van der Waals surface area (Å²) in [5.74, 6) is 0.930. The Morgan fingerprint density at radius 3 is 2.91 bits per heavy atom. The second-order valence-electron chi connectivity index (χ2n) is 5.42. The first-order chi connectivity index (χ1) is 11.0. The van der Waals surface area contributed by atoms with E-state index in [2.05, 4.69) is 26.2 Å². The molecule has 0 spiro atoms. The van der Waals surface area contributed by atoms with Gasteiger partial charge in [-0.2, -0.15) is 0 Å². The highest BCUT2D eigenvalue weighted by atomic mass is 79.9. The summed E-state index contributed by atoms with van der Waals surface area (Å²) in [6.45, 7) is 1.86. The number of nitrogens with one attached hydrogen (secondary N) is 1. The number of amides is 1. The Hall–Kier alpha value is -2.12. The molecule has 120 valence electrons. The van der Waals surface area contributed by atoms with Crippen LogP contribution in [0.15, 0.2) is 41.1 Å². The van der Waals surface area contributed by atoms with Gasteiger partial charge in [-0.3, -0.25) is 9.78 Å². The standard InChI is InChI=1S/C16H15BrN2O4/c1-16(21,11-2-3-13-14(5-11)23-9-22-13)8-19-15(20)10-4-12(17)7-18-6-10/h2-7,21H,8-9H2,1H3,(H,19,20). The summed E-state index contributed by atoms with van der Waals surface area (Å²) < 4.78 is 11.3. The molecule has 2 heterocycles. The molecule has 0 radical (unpaired) electrons. The molecule has 2 N–H and O–H groups in total. The van der Waals surface area contributed by atoms with Crippen molar-refractivity contribution in [1.82, 2.24) is 10.3 Å². The molecule has 1 aliphatic heterocycles. The Morgan fingerprint density at radius 2 is 2.13 bits per heavy atom. The maximum atomic E-state index is 12.1. The van der Waals surface area contributed by atoms with Crippen LogP contribution >= 0.6 is 15.9 Å². The third-order valence-electron chi connectivity index (χ3n) is 3.55. The van der Waals surface area contributed by atoms with E-state index >= 15 is 0 Å². The summed E-state index contributed by atoms with van der Waals surface area (Å²) in [7, 11) is 0. The van der Waals surface area contributed by atoms with Crippen molar-refractivity contribution in [2.45, 2.75) is 12.5 Å². The van der Waals surface area contributed by atoms with Gasteiger partial charge < -0.3 is 19.9 Å². The molecule has 0 aliphatic carbocycles. The number of aliphatic hydroxyl groups is 1. The van der Waals surface area contributed by atoms with Crippen molar-refractivity contribution in [2.24, 2.45) is 0 Å². The van der Waals surface area contributed by atoms with Gasteiger partial charge in [0.05, 0.1) is 12.1 Å². The van der Waals surface area contributed by atoms with Crippen molar-refractivity contribution in [1.29, 1.82) is 0 Å². The van der Waals surface area contributed by atoms with E-state index in [0.29, 0.717) is 27.1 Å². The highest BCUT2D eigenvalue weighted by Gasteiger charge is 2.26. The summed E-state index contributed by atoms with van der Waals surface area (Å²) in [6, 6.07) is 6.87. The molecule has 6 nitrogen and oxygen atoms in total. The molecule has 23 heavy (non-hydrogen) atoms. The molecular weight excluding hydrogens is 364 g/mol. The molecule has 1 aromatic carbocycles. The van der Waals surface area contributed by atoms with Crippen LogP contribution in [-0.4, -0.2) is 29.3 Å². The zero-order chi connectivity index (χ0) is 16.4. The van der Waals surface area contributed by atoms with E-state index in [-0.39, 0.29) is 19.2 Å². The lowest BCUT2D eigenvalue weighted by Crippen LogP contribution is -2.38. The summed E-state index contributed by atoms with van der Waals surface area (Å²) in [5, 5.41) is 13.3. The Bertz CT molecular complexity index is 749. The fourth-order valence-corrected chi connectivity index (χ4v) is 2.59. The Labute approximate surface area is 141 Å². The predicted octanol–water partition coefficient (Wildman–Crippen LogP) is 2.21. The summed E-state index contributed by atoms with van der Waals surface area (Å²) >= 11 is 3.27. The number of rotatable bonds is 4. The molecule has 2 aromatic rings. The minimum absolute atomic E-state index is 0.0536. The highest BCUT2D eigenvalue weighted by Crippen LogP contribution is 2.35. The zero-order valence-electron chi connectivity index (χ0n) is 12.4. The molecule has 1 unspecified atom stereocenters. The van der Waals surface area contributed by atoms with Crippen molar-refractivity contribution in [3.8, 4) is 11.5 Å². The number of hydrogen-bond donors (Lipinski definition) is 2. The van der Waals surface area contributed by atoms with E-state index < -0.39 is 5.60 Å². The quantitative estimate of drug-likeness (QED) is 0.852. The van der Waals surface area contributed by atoms with Gasteiger partial charge in [0.15, 0.2) is 11.5 Å². The van der Waals surface area contributed by atoms with Crippen molar-refractivity contribution in [3.05, 3.63) is 52.3 Å². The number of nitrogens with zero attached hydrogens (tertiary/aromatic N) is 1. The number of ether oxygens (including phenoxy) is 2. The average molecular weight is 379 g/mol. The number of pyridine rings is 1. The molecule has 3 rings (SSSR count). The highest BCUT2D eigenvalue weighted by molar-refractivity contribution is 9.10. The average Bonchev–Trinajstić information content (AvgIpc) is 3.00. The van der Waals surface area contributed by atoms with Crippen molar-refractivity contribution < 1.29 is 19.4 Å². The number of halogens is 1. The largest absolute Gasteiger partial charge is 0.454 e. The van der Waals surface area contributed by atoms with Crippen molar-refractivity contribution in [2.75, 3.05) is 13.3 Å². The third-order valence-corrected chi connectivity index (χ3v) is 3.99. The molecule has 1 atom stereocenters. The SMILES string of the molecule is CC(O)(CNC(=O)c1cncc(Br)c1)c1ccc2c(c1)OCO2. The molecule has 0 saturated heterocycles. The smallest absolute Gasteiger partial charge is 0.252 e. The maximum Gasteiger partial charge on any atom is 0.252 e. The van der Waals surface area contributed by atoms with E-state index in [4.69, 9.17) is 9.47 Å². The first kappa shape index (κ1) is 15.8. The van der Waals surface area contributed by atoms with Gasteiger partial charge in [0.1, 0.15) is 5.60 Å². The van der Waals surface area contributed by atoms with Crippen LogP contribution in [0, 0.1) is 0 Å². The lowest BCUT2D eigenvalue weighted by Gasteiger charge is -2.24. The minimum Gasteiger partial charge on any atom is -0.454 e. The Morgan fingerprint density at radius 1 is 1.35 bits per heavy atom. The van der Waals surface area contributed by atoms with Gasteiger partial charge >= 0.3 is 0 Å². The lowest BCUT2D eigenvalue weighted by atomic mass is 9.95. The summed E-state index contributed by atoms with van der Waals surface area (Å²) in [5.41, 5.74) is -0.189. The first-order valence-electron chi connectivity index (χ1n) is 6.97.